The molecule has 0 aliphatic rings. The van der Waals surface area contributed by atoms with Crippen LogP contribution in [0.25, 0.3) is 0 Å². The van der Waals surface area contributed by atoms with Crippen LogP contribution in [0.5, 0.6) is 0 Å². The number of nitro benzene ring substituents is 1. The molecule has 0 fully saturated rings. The normalized spacial score (nSPS) is 9.66. The molecule has 3 aromatic rings. The third-order valence-electron chi connectivity index (χ3n) is 3.69. The second kappa shape index (κ2) is 10.3. The SMILES string of the molecule is O=C(ON(C(=S)Nc1ccccc1)c1ccccc1)c1ccc([N+](=O)[O-])cc1.[Cu]. The van der Waals surface area contributed by atoms with Gasteiger partial charge in [-0.05, 0) is 48.6 Å². The van der Waals surface area contributed by atoms with E-state index < -0.39 is 10.9 Å². The van der Waals surface area contributed by atoms with Crippen LogP contribution in [0.2, 0.25) is 0 Å². The van der Waals surface area contributed by atoms with Gasteiger partial charge < -0.3 is 10.2 Å². The molecule has 3 aromatic carbocycles. The van der Waals surface area contributed by atoms with Gasteiger partial charge in [0.1, 0.15) is 0 Å². The fraction of sp³-hybridized carbons (Fsp3) is 0. The van der Waals surface area contributed by atoms with Gasteiger partial charge in [0.2, 0.25) is 5.11 Å². The molecule has 0 aliphatic carbocycles. The largest absolute Gasteiger partial charge is 0.363 e. The number of rotatable bonds is 4. The molecule has 0 amide bonds. The van der Waals surface area contributed by atoms with Gasteiger partial charge in [-0.15, -0.1) is 5.06 Å². The van der Waals surface area contributed by atoms with Gasteiger partial charge in [0.25, 0.3) is 5.69 Å². The maximum atomic E-state index is 12.5. The first-order chi connectivity index (χ1) is 13.5. The predicted octanol–water partition coefficient (Wildman–Crippen LogP) is 4.57. The molecule has 7 nitrogen and oxygen atoms in total. The number of benzene rings is 3. The molecule has 0 aromatic heterocycles. The van der Waals surface area contributed by atoms with E-state index in [1.165, 1.54) is 29.3 Å². The van der Waals surface area contributed by atoms with E-state index in [0.717, 1.165) is 5.69 Å². The maximum absolute atomic E-state index is 12.5. The summed E-state index contributed by atoms with van der Waals surface area (Å²) in [6, 6.07) is 23.2. The smallest absolute Gasteiger partial charge is 0.330 e. The number of hydroxylamine groups is 1. The number of anilines is 2. The minimum atomic E-state index is -0.698. The number of nitrogens with zero attached hydrogens (tertiary/aromatic N) is 2. The summed E-state index contributed by atoms with van der Waals surface area (Å²) in [7, 11) is 0. The van der Waals surface area contributed by atoms with E-state index in [2.05, 4.69) is 5.32 Å². The van der Waals surface area contributed by atoms with E-state index in [1.54, 1.807) is 24.3 Å². The summed E-state index contributed by atoms with van der Waals surface area (Å²) in [4.78, 5) is 28.2. The molecule has 1 radical (unpaired) electrons. The van der Waals surface area contributed by atoms with Gasteiger partial charge in [0.05, 0.1) is 16.2 Å². The van der Waals surface area contributed by atoms with Crippen molar-refractivity contribution in [2.75, 3.05) is 10.4 Å². The molecule has 0 bridgehead atoms. The summed E-state index contributed by atoms with van der Waals surface area (Å²) in [6.45, 7) is 0. The van der Waals surface area contributed by atoms with E-state index in [4.69, 9.17) is 17.1 Å². The summed E-state index contributed by atoms with van der Waals surface area (Å²) < 4.78 is 0. The summed E-state index contributed by atoms with van der Waals surface area (Å²) >= 11 is 5.41. The Morgan fingerprint density at radius 2 is 1.48 bits per heavy atom. The van der Waals surface area contributed by atoms with Crippen LogP contribution in [0.3, 0.4) is 0 Å². The van der Waals surface area contributed by atoms with Crippen molar-refractivity contribution in [2.24, 2.45) is 0 Å². The first-order valence-corrected chi connectivity index (χ1v) is 8.63. The van der Waals surface area contributed by atoms with E-state index >= 15 is 0 Å². The molecular formula is C20H15CuN3O4S. The van der Waals surface area contributed by atoms with Crippen LogP contribution < -0.4 is 10.4 Å². The molecule has 0 atom stereocenters. The van der Waals surface area contributed by atoms with Gasteiger partial charge in [-0.1, -0.05) is 36.4 Å². The maximum Gasteiger partial charge on any atom is 0.363 e. The zero-order valence-corrected chi connectivity index (χ0v) is 16.6. The van der Waals surface area contributed by atoms with Gasteiger partial charge in [0, 0.05) is 34.9 Å². The molecular weight excluding hydrogens is 442 g/mol. The topological polar surface area (TPSA) is 84.7 Å². The Morgan fingerprint density at radius 3 is 2.03 bits per heavy atom. The number of nitro groups is 1. The molecule has 29 heavy (non-hydrogen) atoms. The number of carbonyl (C=O) groups is 1. The van der Waals surface area contributed by atoms with E-state index in [1.807, 2.05) is 36.4 Å². The number of hydrogen-bond acceptors (Lipinski definition) is 5. The predicted molar refractivity (Wildman–Crippen MR) is 110 cm³/mol. The number of nitrogens with one attached hydrogen (secondary N) is 1. The second-order valence-electron chi connectivity index (χ2n) is 5.61. The molecule has 0 heterocycles. The summed E-state index contributed by atoms with van der Waals surface area (Å²) in [5.41, 5.74) is 1.33. The monoisotopic (exact) mass is 456 g/mol. The first kappa shape index (κ1) is 22.0. The average molecular weight is 457 g/mol. The van der Waals surface area contributed by atoms with Crippen LogP contribution in [0, 0.1) is 10.1 Å². The Balaban J connectivity index is 0.00000300. The number of non-ortho nitro benzene ring substituents is 1. The number of para-hydroxylation sites is 2. The molecule has 0 saturated heterocycles. The van der Waals surface area contributed by atoms with Crippen LogP contribution in [0.15, 0.2) is 84.9 Å². The molecule has 0 saturated carbocycles. The van der Waals surface area contributed by atoms with Crippen molar-refractivity contribution in [1.82, 2.24) is 0 Å². The Morgan fingerprint density at radius 1 is 0.931 bits per heavy atom. The zero-order valence-electron chi connectivity index (χ0n) is 14.8. The second-order valence-corrected chi connectivity index (χ2v) is 6.00. The number of carbonyl (C=O) groups excluding carboxylic acids is 1. The van der Waals surface area contributed by atoms with Gasteiger partial charge in [0.15, 0.2) is 0 Å². The van der Waals surface area contributed by atoms with Crippen LogP contribution in [0.1, 0.15) is 10.4 Å². The van der Waals surface area contributed by atoms with Gasteiger partial charge >= 0.3 is 5.97 Å². The van der Waals surface area contributed by atoms with Crippen molar-refractivity contribution in [3.05, 3.63) is 101 Å². The molecule has 1 N–H and O–H groups in total. The fourth-order valence-corrected chi connectivity index (χ4v) is 2.59. The van der Waals surface area contributed by atoms with E-state index in [-0.39, 0.29) is 33.4 Å². The van der Waals surface area contributed by atoms with Crippen molar-refractivity contribution < 1.29 is 31.6 Å². The zero-order chi connectivity index (χ0) is 19.9. The number of thiocarbonyl (C=S) groups is 1. The average Bonchev–Trinajstić information content (AvgIpc) is 2.73. The Labute approximate surface area is 182 Å². The van der Waals surface area contributed by atoms with Crippen LogP contribution in [0.4, 0.5) is 17.1 Å². The minimum absolute atomic E-state index is 0. The van der Waals surface area contributed by atoms with Crippen LogP contribution >= 0.6 is 12.2 Å². The van der Waals surface area contributed by atoms with Crippen LogP contribution in [-0.2, 0) is 21.9 Å². The van der Waals surface area contributed by atoms with Gasteiger partial charge in [-0.3, -0.25) is 10.1 Å². The van der Waals surface area contributed by atoms with Crippen molar-refractivity contribution in [2.45, 2.75) is 0 Å². The minimum Gasteiger partial charge on any atom is -0.330 e. The fourth-order valence-electron chi connectivity index (χ4n) is 2.33. The summed E-state index contributed by atoms with van der Waals surface area (Å²) in [5, 5.41) is 15.1. The summed E-state index contributed by atoms with van der Waals surface area (Å²) in [5.74, 6) is -0.698. The summed E-state index contributed by atoms with van der Waals surface area (Å²) in [6.07, 6.45) is 0. The van der Waals surface area contributed by atoms with Gasteiger partial charge in [-0.25, -0.2) is 4.79 Å². The number of hydrogen-bond donors (Lipinski definition) is 1. The third kappa shape index (κ3) is 5.86. The first-order valence-electron chi connectivity index (χ1n) is 8.22. The van der Waals surface area contributed by atoms with Crippen LogP contribution in [-0.4, -0.2) is 16.0 Å². The molecule has 0 spiro atoms. The molecule has 0 aliphatic heterocycles. The van der Waals surface area contributed by atoms with E-state index in [9.17, 15) is 14.9 Å². The standard InChI is InChI=1S/C20H15N3O4S.Cu/c24-19(15-11-13-18(14-12-15)23(25)26)27-22(17-9-5-2-6-10-17)20(28)21-16-7-3-1-4-8-16;/h1-14H,(H,21,28);. The van der Waals surface area contributed by atoms with Crippen molar-refractivity contribution in [1.29, 1.82) is 0 Å². The molecule has 151 valence electrons. The molecule has 0 unspecified atom stereocenters. The quantitative estimate of drug-likeness (QED) is 0.266. The van der Waals surface area contributed by atoms with Crippen molar-refractivity contribution in [3.8, 4) is 0 Å². The Bertz CT molecular complexity index is 986. The Kier molecular flexibility index (Phi) is 7.85. The van der Waals surface area contributed by atoms with Gasteiger partial charge in [-0.2, -0.15) is 0 Å². The Hall–Kier alpha value is -3.26. The molecule has 9 heteroatoms. The van der Waals surface area contributed by atoms with Crippen molar-refractivity contribution >= 4 is 40.4 Å². The third-order valence-corrected chi connectivity index (χ3v) is 3.96. The van der Waals surface area contributed by atoms with Crippen molar-refractivity contribution in [3.63, 3.8) is 0 Å². The van der Waals surface area contributed by atoms with E-state index in [0.29, 0.717) is 5.69 Å². The molecule has 3 rings (SSSR count).